The summed E-state index contributed by atoms with van der Waals surface area (Å²) >= 11 is 1.37. The first-order chi connectivity index (χ1) is 8.08. The minimum absolute atomic E-state index is 0.427. The van der Waals surface area contributed by atoms with E-state index >= 15 is 0 Å². The lowest BCUT2D eigenvalue weighted by Crippen LogP contribution is -2.35. The maximum atomic E-state index is 10.9. The van der Waals surface area contributed by atoms with E-state index in [9.17, 15) is 4.79 Å². The quantitative estimate of drug-likeness (QED) is 0.896. The van der Waals surface area contributed by atoms with Gasteiger partial charge < -0.3 is 10.0 Å². The molecule has 17 heavy (non-hydrogen) atoms. The Hall–Kier alpha value is -1.03. The summed E-state index contributed by atoms with van der Waals surface area (Å²) in [5.74, 6) is -0.0400. The Kier molecular flexibility index (Phi) is 3.72. The van der Waals surface area contributed by atoms with Crippen molar-refractivity contribution < 1.29 is 9.90 Å². The van der Waals surface area contributed by atoms with Gasteiger partial charge in [0.05, 0.1) is 5.00 Å². The molecule has 0 radical (unpaired) electrons. The lowest BCUT2D eigenvalue weighted by Gasteiger charge is -2.34. The molecule has 0 amide bonds. The highest BCUT2D eigenvalue weighted by Crippen LogP contribution is 2.33. The molecule has 2 rings (SSSR count). The fraction of sp³-hybridized carbons (Fsp3) is 0.615. The maximum absolute atomic E-state index is 10.9. The van der Waals surface area contributed by atoms with Crippen LogP contribution in [0.25, 0.3) is 0 Å². The molecule has 3 nitrogen and oxygen atoms in total. The smallest absolute Gasteiger partial charge is 0.345 e. The van der Waals surface area contributed by atoms with Crippen LogP contribution < -0.4 is 4.90 Å². The highest BCUT2D eigenvalue weighted by Gasteiger charge is 2.23. The van der Waals surface area contributed by atoms with E-state index in [0.29, 0.717) is 10.9 Å². The number of aromatic carboxylic acids is 1. The van der Waals surface area contributed by atoms with E-state index < -0.39 is 5.97 Å². The van der Waals surface area contributed by atoms with Gasteiger partial charge in [-0.1, -0.05) is 19.8 Å². The number of carbonyl (C=O) groups is 1. The Morgan fingerprint density at radius 1 is 1.47 bits per heavy atom. The van der Waals surface area contributed by atoms with Gasteiger partial charge in [0, 0.05) is 13.1 Å². The molecule has 1 heterocycles. The van der Waals surface area contributed by atoms with Gasteiger partial charge in [-0.3, -0.25) is 0 Å². The summed E-state index contributed by atoms with van der Waals surface area (Å²) in [6.45, 7) is 2.30. The second kappa shape index (κ2) is 5.08. The van der Waals surface area contributed by atoms with Crippen molar-refractivity contribution in [2.24, 2.45) is 5.92 Å². The molecule has 1 N–H and O–H groups in total. The van der Waals surface area contributed by atoms with Crippen LogP contribution in [0.5, 0.6) is 0 Å². The van der Waals surface area contributed by atoms with Gasteiger partial charge in [-0.05, 0) is 30.9 Å². The molecule has 0 spiro atoms. The van der Waals surface area contributed by atoms with E-state index in [1.165, 1.54) is 37.0 Å². The van der Waals surface area contributed by atoms with Crippen LogP contribution in [0, 0.1) is 5.92 Å². The van der Waals surface area contributed by atoms with E-state index in [1.54, 1.807) is 6.07 Å². The lowest BCUT2D eigenvalue weighted by atomic mass is 9.86. The molecule has 1 aliphatic rings. The van der Waals surface area contributed by atoms with Gasteiger partial charge in [-0.15, -0.1) is 11.3 Å². The number of anilines is 1. The minimum atomic E-state index is -0.827. The zero-order valence-electron chi connectivity index (χ0n) is 10.3. The molecule has 94 valence electrons. The summed E-state index contributed by atoms with van der Waals surface area (Å²) in [4.78, 5) is 13.5. The third-order valence-corrected chi connectivity index (χ3v) is 4.77. The van der Waals surface area contributed by atoms with Gasteiger partial charge in [0.1, 0.15) is 4.88 Å². The van der Waals surface area contributed by atoms with Crippen molar-refractivity contribution in [2.75, 3.05) is 11.9 Å². The monoisotopic (exact) mass is 253 g/mol. The molecular weight excluding hydrogens is 234 g/mol. The second-order valence-electron chi connectivity index (χ2n) is 4.98. The van der Waals surface area contributed by atoms with Gasteiger partial charge >= 0.3 is 5.97 Å². The predicted molar refractivity (Wildman–Crippen MR) is 71.1 cm³/mol. The van der Waals surface area contributed by atoms with Gasteiger partial charge in [-0.25, -0.2) is 4.79 Å². The molecule has 0 aliphatic heterocycles. The minimum Gasteiger partial charge on any atom is -0.477 e. The van der Waals surface area contributed by atoms with Crippen molar-refractivity contribution in [3.05, 3.63) is 17.0 Å². The number of hydrogen-bond acceptors (Lipinski definition) is 3. The molecule has 1 aromatic heterocycles. The summed E-state index contributed by atoms with van der Waals surface area (Å²) < 4.78 is 0. The average molecular weight is 253 g/mol. The fourth-order valence-electron chi connectivity index (χ4n) is 2.57. The summed E-state index contributed by atoms with van der Waals surface area (Å²) in [5.41, 5.74) is 0. The van der Waals surface area contributed by atoms with Crippen LogP contribution in [0.2, 0.25) is 0 Å². The van der Waals surface area contributed by atoms with Gasteiger partial charge in [-0.2, -0.15) is 0 Å². The molecule has 1 aromatic rings. The molecule has 0 saturated heterocycles. The van der Waals surface area contributed by atoms with E-state index in [4.69, 9.17) is 5.11 Å². The van der Waals surface area contributed by atoms with Crippen molar-refractivity contribution in [1.82, 2.24) is 0 Å². The molecule has 2 atom stereocenters. The maximum Gasteiger partial charge on any atom is 0.345 e. The van der Waals surface area contributed by atoms with Crippen molar-refractivity contribution in [3.8, 4) is 0 Å². The number of hydrogen-bond donors (Lipinski definition) is 1. The Morgan fingerprint density at radius 3 is 2.82 bits per heavy atom. The van der Waals surface area contributed by atoms with Gasteiger partial charge in [0.2, 0.25) is 0 Å². The van der Waals surface area contributed by atoms with Crippen LogP contribution in [-0.2, 0) is 0 Å². The Morgan fingerprint density at radius 2 is 2.24 bits per heavy atom. The van der Waals surface area contributed by atoms with Crippen LogP contribution in [0.1, 0.15) is 42.3 Å². The SMILES string of the molecule is CC1CCCC(N(C)c2ccc(C(=O)O)s2)C1. The van der Waals surface area contributed by atoms with Crippen LogP contribution in [0.4, 0.5) is 5.00 Å². The molecule has 1 fully saturated rings. The van der Waals surface area contributed by atoms with E-state index in [-0.39, 0.29) is 0 Å². The molecule has 0 bridgehead atoms. The second-order valence-corrected chi connectivity index (χ2v) is 6.04. The van der Waals surface area contributed by atoms with Crippen molar-refractivity contribution in [2.45, 2.75) is 38.6 Å². The fourth-order valence-corrected chi connectivity index (χ4v) is 3.44. The number of nitrogens with zero attached hydrogens (tertiary/aromatic N) is 1. The lowest BCUT2D eigenvalue weighted by molar-refractivity contribution is 0.0702. The first-order valence-corrected chi connectivity index (χ1v) is 6.95. The zero-order chi connectivity index (χ0) is 12.4. The molecule has 2 unspecified atom stereocenters. The number of carboxylic acid groups (broad SMARTS) is 1. The Bertz CT molecular complexity index is 402. The molecule has 1 aliphatic carbocycles. The largest absolute Gasteiger partial charge is 0.477 e. The van der Waals surface area contributed by atoms with Gasteiger partial charge in [0.25, 0.3) is 0 Å². The van der Waals surface area contributed by atoms with E-state index in [0.717, 1.165) is 10.9 Å². The first-order valence-electron chi connectivity index (χ1n) is 6.14. The number of rotatable bonds is 3. The van der Waals surface area contributed by atoms with Crippen LogP contribution in [-0.4, -0.2) is 24.2 Å². The summed E-state index contributed by atoms with van der Waals surface area (Å²) in [5, 5.41) is 10.00. The number of thiophene rings is 1. The highest BCUT2D eigenvalue weighted by atomic mass is 32.1. The summed E-state index contributed by atoms with van der Waals surface area (Å²) in [7, 11) is 2.08. The van der Waals surface area contributed by atoms with Crippen LogP contribution in [0.3, 0.4) is 0 Å². The Balaban J connectivity index is 2.07. The van der Waals surface area contributed by atoms with E-state index in [1.807, 2.05) is 6.07 Å². The highest BCUT2D eigenvalue weighted by molar-refractivity contribution is 7.17. The molecule has 0 aromatic carbocycles. The normalized spacial score (nSPS) is 24.6. The van der Waals surface area contributed by atoms with Crippen molar-refractivity contribution >= 4 is 22.3 Å². The first kappa shape index (κ1) is 12.4. The standard InChI is InChI=1S/C13H19NO2S/c1-9-4-3-5-10(8-9)14(2)12-7-6-11(17-12)13(15)16/h6-7,9-10H,3-5,8H2,1-2H3,(H,15,16). The Labute approximate surface area is 106 Å². The topological polar surface area (TPSA) is 40.5 Å². The van der Waals surface area contributed by atoms with E-state index in [2.05, 4.69) is 18.9 Å². The average Bonchev–Trinajstić information content (AvgIpc) is 2.77. The van der Waals surface area contributed by atoms with Crippen LogP contribution in [0.15, 0.2) is 12.1 Å². The molecule has 1 saturated carbocycles. The predicted octanol–water partition coefficient (Wildman–Crippen LogP) is 3.46. The van der Waals surface area contributed by atoms with Gasteiger partial charge in [0.15, 0.2) is 0 Å². The third-order valence-electron chi connectivity index (χ3n) is 3.61. The molecule has 4 heteroatoms. The van der Waals surface area contributed by atoms with Crippen LogP contribution >= 0.6 is 11.3 Å². The third kappa shape index (κ3) is 2.80. The zero-order valence-corrected chi connectivity index (χ0v) is 11.2. The molecular formula is C13H19NO2S. The van der Waals surface area contributed by atoms with Crippen molar-refractivity contribution in [3.63, 3.8) is 0 Å². The van der Waals surface area contributed by atoms with Crippen molar-refractivity contribution in [1.29, 1.82) is 0 Å². The number of carboxylic acids is 1. The summed E-state index contributed by atoms with van der Waals surface area (Å²) in [6, 6.07) is 4.19. The summed E-state index contributed by atoms with van der Waals surface area (Å²) in [6.07, 6.45) is 5.06.